The van der Waals surface area contributed by atoms with Gasteiger partial charge in [0.25, 0.3) is 0 Å². The molecular formula is C26H32BNO7. The Bertz CT molecular complexity index is 1090. The Kier molecular flexibility index (Phi) is 7.19. The highest BCUT2D eigenvalue weighted by atomic mass is 16.5. The summed E-state index contributed by atoms with van der Waals surface area (Å²) in [5.74, 6) is -2.49. The number of phenolic OH excluding ortho intramolecular Hbond substituents is 1. The lowest BCUT2D eigenvalue weighted by molar-refractivity contribution is -0.137. The van der Waals surface area contributed by atoms with Gasteiger partial charge in [0.05, 0.1) is 25.0 Å². The van der Waals surface area contributed by atoms with Crippen LogP contribution in [-0.2, 0) is 19.0 Å². The number of fused-ring (bicyclic) bond motifs is 3. The number of benzene rings is 1. The van der Waals surface area contributed by atoms with Gasteiger partial charge in [-0.2, -0.15) is 4.90 Å². The molecule has 0 spiro atoms. The summed E-state index contributed by atoms with van der Waals surface area (Å²) in [4.78, 5) is 39.1. The number of nitrogens with zero attached hydrogens (tertiary/aromatic N) is 1. The van der Waals surface area contributed by atoms with E-state index in [1.165, 1.54) is 0 Å². The summed E-state index contributed by atoms with van der Waals surface area (Å²) in [5.41, 5.74) is 3.81. The van der Waals surface area contributed by atoms with E-state index in [4.69, 9.17) is 4.65 Å². The van der Waals surface area contributed by atoms with Crippen LogP contribution in [0.3, 0.4) is 0 Å². The van der Waals surface area contributed by atoms with Crippen LogP contribution in [0.2, 0.25) is 6.32 Å². The first-order valence-electron chi connectivity index (χ1n) is 12.1. The van der Waals surface area contributed by atoms with Crippen molar-refractivity contribution in [3.8, 4) is 5.75 Å². The number of rotatable bonds is 5. The van der Waals surface area contributed by atoms with Gasteiger partial charge < -0.3 is 19.5 Å². The smallest absolute Gasteiger partial charge is 0.455 e. The Hall–Kier alpha value is -2.91. The zero-order chi connectivity index (χ0) is 25.4. The van der Waals surface area contributed by atoms with E-state index in [0.29, 0.717) is 24.2 Å². The van der Waals surface area contributed by atoms with Crippen LogP contribution in [0.1, 0.15) is 45.6 Å². The minimum Gasteiger partial charge on any atom is -0.507 e. The topological polar surface area (TPSA) is 113 Å². The predicted octanol–water partition coefficient (Wildman–Crippen LogP) is 3.80. The Morgan fingerprint density at radius 2 is 1.97 bits per heavy atom. The van der Waals surface area contributed by atoms with E-state index < -0.39 is 43.0 Å². The minimum atomic E-state index is -1.07. The predicted molar refractivity (Wildman–Crippen MR) is 130 cm³/mol. The fraction of sp³-hybridized carbons (Fsp3) is 0.500. The number of aromatic hydroxyl groups is 1. The molecule has 2 N–H and O–H groups in total. The molecule has 4 atom stereocenters. The number of methoxy groups -OCH3 is 1. The van der Waals surface area contributed by atoms with Crippen LogP contribution in [0.5, 0.6) is 5.75 Å². The van der Waals surface area contributed by atoms with Gasteiger partial charge in [-0.1, -0.05) is 49.3 Å². The number of likely N-dealkylation sites (tertiary alicyclic amines) is 1. The fourth-order valence-electron chi connectivity index (χ4n) is 5.83. The monoisotopic (exact) mass is 481 g/mol. The zero-order valence-corrected chi connectivity index (χ0v) is 20.6. The molecule has 0 unspecified atom stereocenters. The average Bonchev–Trinajstić information content (AvgIpc) is 3.07. The molecule has 3 aliphatic rings. The van der Waals surface area contributed by atoms with Crippen molar-refractivity contribution in [3.63, 3.8) is 0 Å². The standard InChI is InChI=1S/C26H32BNO7/c1-14(2)17-12-18-23(25(31)28(24(18)30)26(32)34-4)19-13-27(33)35-21(22(17)19)10-9-15(3)11-16-7-5-6-8-20(16)29/h5-8,11,14,18-19,21,23,29,33H,9-10,12-13H2,1-4H3/b15-11+/t18-,19+,21-,23-/m1/s1. The summed E-state index contributed by atoms with van der Waals surface area (Å²) in [6.45, 7) is 6.07. The second-order valence-electron chi connectivity index (χ2n) is 9.96. The summed E-state index contributed by atoms with van der Waals surface area (Å²) < 4.78 is 10.7. The number of carbonyl (C=O) groups excluding carboxylic acids is 3. The van der Waals surface area contributed by atoms with E-state index in [9.17, 15) is 24.5 Å². The molecule has 186 valence electrons. The molecule has 0 saturated carbocycles. The maximum absolute atomic E-state index is 13.2. The van der Waals surface area contributed by atoms with Gasteiger partial charge in [-0.15, -0.1) is 0 Å². The van der Waals surface area contributed by atoms with Crippen LogP contribution in [-0.4, -0.2) is 53.3 Å². The number of amides is 3. The van der Waals surface area contributed by atoms with E-state index in [1.807, 2.05) is 39.0 Å². The minimum absolute atomic E-state index is 0.114. The fourth-order valence-corrected chi connectivity index (χ4v) is 5.83. The van der Waals surface area contributed by atoms with E-state index in [2.05, 4.69) is 4.74 Å². The summed E-state index contributed by atoms with van der Waals surface area (Å²) in [5, 5.41) is 20.6. The lowest BCUT2D eigenvalue weighted by atomic mass is 9.57. The number of hydrogen-bond donors (Lipinski definition) is 2. The van der Waals surface area contributed by atoms with Gasteiger partial charge in [0.2, 0.25) is 11.8 Å². The summed E-state index contributed by atoms with van der Waals surface area (Å²) in [6.07, 6.45) is 2.37. The maximum atomic E-state index is 13.2. The summed E-state index contributed by atoms with van der Waals surface area (Å²) in [6, 6.07) is 7.11. The molecular weight excluding hydrogens is 449 g/mol. The van der Waals surface area contributed by atoms with Gasteiger partial charge in [0, 0.05) is 5.56 Å². The van der Waals surface area contributed by atoms with Crippen molar-refractivity contribution < 1.29 is 33.9 Å². The number of allylic oxidation sites excluding steroid dienone is 2. The average molecular weight is 481 g/mol. The van der Waals surface area contributed by atoms with Crippen LogP contribution >= 0.6 is 0 Å². The third kappa shape index (κ3) is 4.67. The van der Waals surface area contributed by atoms with Crippen molar-refractivity contribution in [1.82, 2.24) is 4.90 Å². The van der Waals surface area contributed by atoms with Gasteiger partial charge in [-0.3, -0.25) is 9.59 Å². The second kappa shape index (κ2) is 9.99. The lowest BCUT2D eigenvalue weighted by Crippen LogP contribution is -2.46. The molecule has 2 heterocycles. The van der Waals surface area contributed by atoms with E-state index >= 15 is 0 Å². The maximum Gasteiger partial charge on any atom is 0.455 e. The van der Waals surface area contributed by atoms with Crippen molar-refractivity contribution in [3.05, 3.63) is 46.5 Å². The molecule has 3 amide bonds. The van der Waals surface area contributed by atoms with E-state index in [-0.39, 0.29) is 23.9 Å². The Morgan fingerprint density at radius 3 is 2.63 bits per heavy atom. The quantitative estimate of drug-likeness (QED) is 0.374. The summed E-state index contributed by atoms with van der Waals surface area (Å²) in [7, 11) is 0.0753. The second-order valence-corrected chi connectivity index (χ2v) is 9.96. The SMILES string of the molecule is COC(=O)N1C(=O)[C@@H]2[C@@H](CC(C(C)C)=C3[C@@H](CC/C(C)=C/c4ccccc4O)OB(O)C[C@@H]32)C1=O. The molecule has 9 heteroatoms. The molecule has 1 aromatic carbocycles. The molecule has 0 aromatic heterocycles. The van der Waals surface area contributed by atoms with Gasteiger partial charge in [0.15, 0.2) is 0 Å². The normalized spacial score (nSPS) is 26.9. The molecule has 1 aromatic rings. The first-order chi connectivity index (χ1) is 16.6. The number of phenols is 1. The van der Waals surface area contributed by atoms with Gasteiger partial charge in [-0.05, 0) is 56.0 Å². The highest BCUT2D eigenvalue weighted by Gasteiger charge is 2.59. The van der Waals surface area contributed by atoms with Gasteiger partial charge in [-0.25, -0.2) is 4.79 Å². The number of para-hydroxylation sites is 1. The Morgan fingerprint density at radius 1 is 1.26 bits per heavy atom. The van der Waals surface area contributed by atoms with Crippen molar-refractivity contribution in [2.45, 2.75) is 52.5 Å². The van der Waals surface area contributed by atoms with Crippen molar-refractivity contribution in [2.75, 3.05) is 7.11 Å². The van der Waals surface area contributed by atoms with Crippen LogP contribution in [0, 0.1) is 23.7 Å². The van der Waals surface area contributed by atoms with E-state index in [1.54, 1.807) is 12.1 Å². The number of ether oxygens (including phenoxy) is 1. The third-order valence-corrected chi connectivity index (χ3v) is 7.44. The van der Waals surface area contributed by atoms with Gasteiger partial charge in [0.1, 0.15) is 5.75 Å². The number of hydrogen-bond acceptors (Lipinski definition) is 7. The molecule has 0 bridgehead atoms. The summed E-state index contributed by atoms with van der Waals surface area (Å²) >= 11 is 0. The zero-order valence-electron chi connectivity index (χ0n) is 20.6. The highest BCUT2D eigenvalue weighted by molar-refractivity contribution is 6.43. The molecule has 1 aliphatic carbocycles. The number of carbonyl (C=O) groups is 3. The van der Waals surface area contributed by atoms with Crippen molar-refractivity contribution in [1.29, 1.82) is 0 Å². The molecule has 4 rings (SSSR count). The Labute approximate surface area is 205 Å². The first kappa shape index (κ1) is 25.2. The van der Waals surface area contributed by atoms with Crippen LogP contribution in [0.4, 0.5) is 4.79 Å². The third-order valence-electron chi connectivity index (χ3n) is 7.44. The molecule has 8 nitrogen and oxygen atoms in total. The first-order valence-corrected chi connectivity index (χ1v) is 12.1. The van der Waals surface area contributed by atoms with Gasteiger partial charge >= 0.3 is 13.2 Å². The largest absolute Gasteiger partial charge is 0.507 e. The van der Waals surface area contributed by atoms with Crippen LogP contribution < -0.4 is 0 Å². The Balaban J connectivity index is 1.63. The molecule has 2 saturated heterocycles. The highest BCUT2D eigenvalue weighted by Crippen LogP contribution is 2.52. The number of imide groups is 3. The lowest BCUT2D eigenvalue weighted by Gasteiger charge is -2.44. The molecule has 2 fully saturated rings. The molecule has 2 aliphatic heterocycles. The molecule has 35 heavy (non-hydrogen) atoms. The van der Waals surface area contributed by atoms with Crippen molar-refractivity contribution in [2.24, 2.45) is 23.7 Å². The van der Waals surface area contributed by atoms with Crippen LogP contribution in [0.25, 0.3) is 6.08 Å². The van der Waals surface area contributed by atoms with Crippen LogP contribution in [0.15, 0.2) is 41.0 Å². The van der Waals surface area contributed by atoms with E-state index in [0.717, 1.165) is 29.4 Å². The van der Waals surface area contributed by atoms with Crippen molar-refractivity contribution >= 4 is 31.1 Å². The molecule has 0 radical (unpaired) electrons.